The van der Waals surface area contributed by atoms with Gasteiger partial charge in [0.2, 0.25) is 11.8 Å². The van der Waals surface area contributed by atoms with Crippen molar-refractivity contribution in [2.45, 2.75) is 12.5 Å². The molecule has 3 heterocycles. The molecule has 1 aliphatic heterocycles. The molecule has 1 aliphatic rings. The van der Waals surface area contributed by atoms with Gasteiger partial charge >= 0.3 is 0 Å². The van der Waals surface area contributed by atoms with E-state index in [4.69, 9.17) is 18.9 Å². The number of carbonyl (C=O) groups excluding carboxylic acids is 1. The van der Waals surface area contributed by atoms with Crippen LogP contribution in [0.5, 0.6) is 23.3 Å². The van der Waals surface area contributed by atoms with Crippen molar-refractivity contribution < 1.29 is 23.7 Å². The average molecular weight is 439 g/mol. The van der Waals surface area contributed by atoms with Crippen LogP contribution in [0, 0.1) is 0 Å². The first kappa shape index (κ1) is 21.4. The zero-order valence-corrected chi connectivity index (χ0v) is 18.4. The number of hydrogen-bond acceptors (Lipinski definition) is 8. The molecule has 0 bridgehead atoms. The van der Waals surface area contributed by atoms with Gasteiger partial charge < -0.3 is 23.8 Å². The quantitative estimate of drug-likeness (QED) is 0.552. The van der Waals surface area contributed by atoms with Gasteiger partial charge in [-0.3, -0.25) is 14.5 Å². The van der Waals surface area contributed by atoms with Crippen LogP contribution in [0.4, 0.5) is 0 Å². The summed E-state index contributed by atoms with van der Waals surface area (Å²) in [5.74, 6) is 1.97. The molecule has 168 valence electrons. The highest BCUT2D eigenvalue weighted by Gasteiger charge is 2.30. The molecule has 3 aromatic rings. The van der Waals surface area contributed by atoms with Gasteiger partial charge in [0, 0.05) is 25.6 Å². The Bertz CT molecular complexity index is 1120. The summed E-state index contributed by atoms with van der Waals surface area (Å²) >= 11 is 0. The first-order chi connectivity index (χ1) is 15.5. The van der Waals surface area contributed by atoms with Crippen LogP contribution in [-0.4, -0.2) is 71.1 Å². The van der Waals surface area contributed by atoms with Crippen LogP contribution in [0.1, 0.15) is 16.9 Å². The molecule has 10 nitrogen and oxygen atoms in total. The number of nitrogens with zero attached hydrogens (tertiary/aromatic N) is 5. The lowest BCUT2D eigenvalue weighted by atomic mass is 10.1. The summed E-state index contributed by atoms with van der Waals surface area (Å²) in [5.41, 5.74) is 1.86. The Morgan fingerprint density at radius 2 is 1.88 bits per heavy atom. The predicted octanol–water partition coefficient (Wildman–Crippen LogP) is 2.20. The fourth-order valence-electron chi connectivity index (χ4n) is 3.64. The number of carbonyl (C=O) groups is 1. The van der Waals surface area contributed by atoms with Gasteiger partial charge in [0.25, 0.3) is 5.91 Å². The van der Waals surface area contributed by atoms with Crippen LogP contribution in [0.2, 0.25) is 0 Å². The zero-order valence-electron chi connectivity index (χ0n) is 18.4. The van der Waals surface area contributed by atoms with Gasteiger partial charge in [-0.25, -0.2) is 0 Å². The number of aromatic nitrogens is 4. The van der Waals surface area contributed by atoms with E-state index in [-0.39, 0.29) is 12.0 Å². The molecule has 1 unspecified atom stereocenters. The lowest BCUT2D eigenvalue weighted by Gasteiger charge is -2.17. The van der Waals surface area contributed by atoms with E-state index in [0.717, 1.165) is 5.56 Å². The standard InChI is InChI=1S/C22H25N5O5/c1-26-18(10-17(25-26)16-9-14(29-2)5-6-19(16)30-3)22(28)27-8-7-15(13-27)32-21-12-23-11-20(24-21)31-4/h5-6,9-12,15H,7-8,13H2,1-4H3. The molecule has 1 fully saturated rings. The molecule has 10 heteroatoms. The van der Waals surface area contributed by atoms with Gasteiger partial charge in [0.15, 0.2) is 0 Å². The smallest absolute Gasteiger partial charge is 0.272 e. The Hall–Kier alpha value is -3.82. The van der Waals surface area contributed by atoms with Crippen LogP contribution in [-0.2, 0) is 7.05 Å². The van der Waals surface area contributed by atoms with Crippen molar-refractivity contribution in [2.75, 3.05) is 34.4 Å². The predicted molar refractivity (Wildman–Crippen MR) is 115 cm³/mol. The number of methoxy groups -OCH3 is 3. The summed E-state index contributed by atoms with van der Waals surface area (Å²) in [4.78, 5) is 23.2. The number of benzene rings is 1. The summed E-state index contributed by atoms with van der Waals surface area (Å²) in [6.45, 7) is 1.02. The van der Waals surface area contributed by atoms with Crippen LogP contribution < -0.4 is 18.9 Å². The molecule has 0 saturated carbocycles. The molecular formula is C22H25N5O5. The maximum Gasteiger partial charge on any atom is 0.272 e. The molecule has 1 atom stereocenters. The van der Waals surface area contributed by atoms with E-state index in [0.29, 0.717) is 54.2 Å². The second kappa shape index (κ2) is 9.13. The van der Waals surface area contributed by atoms with Gasteiger partial charge in [-0.15, -0.1) is 0 Å². The fourth-order valence-corrected chi connectivity index (χ4v) is 3.64. The summed E-state index contributed by atoms with van der Waals surface area (Å²) in [6, 6.07) is 7.23. The highest BCUT2D eigenvalue weighted by Crippen LogP contribution is 2.33. The number of aryl methyl sites for hydroxylation is 1. The molecule has 32 heavy (non-hydrogen) atoms. The highest BCUT2D eigenvalue weighted by atomic mass is 16.5. The molecule has 1 aromatic carbocycles. The zero-order chi connectivity index (χ0) is 22.7. The average Bonchev–Trinajstić information content (AvgIpc) is 3.45. The molecule has 0 radical (unpaired) electrons. The minimum absolute atomic E-state index is 0.115. The third kappa shape index (κ3) is 4.29. The minimum Gasteiger partial charge on any atom is -0.497 e. The maximum absolute atomic E-state index is 13.2. The first-order valence-corrected chi connectivity index (χ1v) is 10.1. The molecule has 0 N–H and O–H groups in total. The molecule has 4 rings (SSSR count). The second-order valence-electron chi connectivity index (χ2n) is 7.28. The SMILES string of the molecule is COc1ccc(OC)c(-c2cc(C(=O)N3CCC(Oc4cncc(OC)n4)C3)n(C)n2)c1. The van der Waals surface area contributed by atoms with E-state index >= 15 is 0 Å². The third-order valence-corrected chi connectivity index (χ3v) is 5.30. The summed E-state index contributed by atoms with van der Waals surface area (Å²) in [6.07, 6.45) is 3.56. The van der Waals surface area contributed by atoms with Gasteiger partial charge in [-0.2, -0.15) is 10.1 Å². The van der Waals surface area contributed by atoms with Gasteiger partial charge in [-0.05, 0) is 24.3 Å². The van der Waals surface area contributed by atoms with Crippen molar-refractivity contribution in [2.24, 2.45) is 7.05 Å². The summed E-state index contributed by atoms with van der Waals surface area (Å²) < 4.78 is 23.3. The Balaban J connectivity index is 1.49. The normalized spacial score (nSPS) is 15.5. The third-order valence-electron chi connectivity index (χ3n) is 5.30. The van der Waals surface area contributed by atoms with Gasteiger partial charge in [0.05, 0.1) is 46.0 Å². The molecule has 2 aromatic heterocycles. The van der Waals surface area contributed by atoms with E-state index in [1.54, 1.807) is 36.9 Å². The van der Waals surface area contributed by atoms with Crippen LogP contribution >= 0.6 is 0 Å². The van der Waals surface area contributed by atoms with Crippen LogP contribution in [0.3, 0.4) is 0 Å². The van der Waals surface area contributed by atoms with Crippen molar-refractivity contribution in [3.63, 3.8) is 0 Å². The largest absolute Gasteiger partial charge is 0.497 e. The number of hydrogen-bond donors (Lipinski definition) is 0. The molecule has 0 spiro atoms. The van der Waals surface area contributed by atoms with Crippen molar-refractivity contribution in [1.29, 1.82) is 0 Å². The number of likely N-dealkylation sites (tertiary alicyclic amines) is 1. The Labute approximate surface area is 185 Å². The van der Waals surface area contributed by atoms with Gasteiger partial charge in [-0.1, -0.05) is 0 Å². The monoisotopic (exact) mass is 439 g/mol. The summed E-state index contributed by atoms with van der Waals surface area (Å²) in [7, 11) is 6.46. The Morgan fingerprint density at radius 1 is 1.06 bits per heavy atom. The van der Waals surface area contributed by atoms with Crippen molar-refractivity contribution in [3.8, 4) is 34.5 Å². The van der Waals surface area contributed by atoms with E-state index in [1.165, 1.54) is 19.5 Å². The number of amides is 1. The van der Waals surface area contributed by atoms with E-state index < -0.39 is 0 Å². The van der Waals surface area contributed by atoms with Crippen molar-refractivity contribution in [1.82, 2.24) is 24.6 Å². The highest BCUT2D eigenvalue weighted by molar-refractivity contribution is 5.94. The van der Waals surface area contributed by atoms with Crippen molar-refractivity contribution >= 4 is 5.91 Å². The van der Waals surface area contributed by atoms with Crippen LogP contribution in [0.25, 0.3) is 11.3 Å². The Kier molecular flexibility index (Phi) is 6.11. The lowest BCUT2D eigenvalue weighted by Crippen LogP contribution is -2.32. The van der Waals surface area contributed by atoms with Crippen molar-refractivity contribution in [3.05, 3.63) is 42.4 Å². The minimum atomic E-state index is -0.175. The summed E-state index contributed by atoms with van der Waals surface area (Å²) in [5, 5.41) is 4.53. The van der Waals surface area contributed by atoms with Crippen LogP contribution in [0.15, 0.2) is 36.7 Å². The maximum atomic E-state index is 13.2. The van der Waals surface area contributed by atoms with E-state index in [2.05, 4.69) is 15.1 Å². The fraction of sp³-hybridized carbons (Fsp3) is 0.364. The number of ether oxygens (including phenoxy) is 4. The topological polar surface area (TPSA) is 101 Å². The lowest BCUT2D eigenvalue weighted by molar-refractivity contribution is 0.0760. The van der Waals surface area contributed by atoms with Gasteiger partial charge in [0.1, 0.15) is 23.3 Å². The Morgan fingerprint density at radius 3 is 2.62 bits per heavy atom. The van der Waals surface area contributed by atoms with E-state index in [1.807, 2.05) is 18.2 Å². The molecular weight excluding hydrogens is 414 g/mol. The molecule has 1 saturated heterocycles. The molecule has 1 amide bonds. The number of rotatable bonds is 7. The van der Waals surface area contributed by atoms with E-state index in [9.17, 15) is 4.79 Å². The molecule has 0 aliphatic carbocycles. The second-order valence-corrected chi connectivity index (χ2v) is 7.28. The first-order valence-electron chi connectivity index (χ1n) is 10.1.